The van der Waals surface area contributed by atoms with E-state index >= 15 is 0 Å². The van der Waals surface area contributed by atoms with Crippen LogP contribution in [0.15, 0.2) is 79.4 Å². The lowest BCUT2D eigenvalue weighted by atomic mass is 10.0. The first kappa shape index (κ1) is 33.1. The van der Waals surface area contributed by atoms with Crippen LogP contribution in [0.5, 0.6) is 17.2 Å². The van der Waals surface area contributed by atoms with Crippen LogP contribution in [0.2, 0.25) is 0 Å². The van der Waals surface area contributed by atoms with E-state index in [0.29, 0.717) is 60.0 Å². The summed E-state index contributed by atoms with van der Waals surface area (Å²) < 4.78 is 21.7. The minimum atomic E-state index is -0.518. The van der Waals surface area contributed by atoms with Crippen molar-refractivity contribution in [2.24, 2.45) is 0 Å². The number of benzene rings is 3. The lowest BCUT2D eigenvalue weighted by molar-refractivity contribution is -0.137. The molecule has 3 aromatic carbocycles. The van der Waals surface area contributed by atoms with Gasteiger partial charge in [-0.1, -0.05) is 57.7 Å². The van der Waals surface area contributed by atoms with E-state index in [2.05, 4.69) is 13.5 Å². The van der Waals surface area contributed by atoms with Gasteiger partial charge in [0.1, 0.15) is 17.2 Å². The van der Waals surface area contributed by atoms with Crippen LogP contribution in [0, 0.1) is 6.92 Å². The van der Waals surface area contributed by atoms with E-state index in [1.54, 1.807) is 49.4 Å². The predicted molar refractivity (Wildman–Crippen MR) is 167 cm³/mol. The monoisotopic (exact) mass is 586 g/mol. The molecule has 0 fully saturated rings. The second kappa shape index (κ2) is 18.2. The summed E-state index contributed by atoms with van der Waals surface area (Å²) in [4.78, 5) is 36.5. The average molecular weight is 587 g/mol. The molecule has 43 heavy (non-hydrogen) atoms. The van der Waals surface area contributed by atoms with E-state index in [4.69, 9.17) is 18.9 Å². The number of unbranched alkanes of at least 4 members (excludes halogenated alkanes) is 6. The molecule has 0 N–H and O–H groups in total. The molecule has 0 aliphatic carbocycles. The summed E-state index contributed by atoms with van der Waals surface area (Å²) in [6, 6.07) is 19.1. The largest absolute Gasteiger partial charge is 0.494 e. The smallest absolute Gasteiger partial charge is 0.343 e. The third-order valence-electron chi connectivity index (χ3n) is 6.87. The maximum absolute atomic E-state index is 12.7. The first-order chi connectivity index (χ1) is 20.9. The Balaban J connectivity index is 1.43. The summed E-state index contributed by atoms with van der Waals surface area (Å²) >= 11 is 0. The molecule has 7 heteroatoms. The van der Waals surface area contributed by atoms with Gasteiger partial charge in [-0.2, -0.15) is 0 Å². The van der Waals surface area contributed by atoms with Gasteiger partial charge in [-0.05, 0) is 98.3 Å². The van der Waals surface area contributed by atoms with Gasteiger partial charge in [0, 0.05) is 6.08 Å². The van der Waals surface area contributed by atoms with Gasteiger partial charge in [-0.3, -0.25) is 0 Å². The van der Waals surface area contributed by atoms with Crippen LogP contribution in [0.1, 0.15) is 90.1 Å². The molecular weight excluding hydrogens is 544 g/mol. The first-order valence-electron chi connectivity index (χ1n) is 15.1. The van der Waals surface area contributed by atoms with Crippen LogP contribution >= 0.6 is 0 Å². The molecule has 0 aliphatic heterocycles. The molecule has 0 aliphatic rings. The topological polar surface area (TPSA) is 88.1 Å². The van der Waals surface area contributed by atoms with E-state index in [-0.39, 0.29) is 0 Å². The molecule has 0 radical (unpaired) electrons. The Morgan fingerprint density at radius 2 is 1.33 bits per heavy atom. The van der Waals surface area contributed by atoms with Crippen LogP contribution in [-0.2, 0) is 16.0 Å². The SMILES string of the molecule is C=CC(=O)OCCCCOc1ccc(C(=O)Oc2ccc(C(=O)Oc3ccc(CCCCCCCC)cc3)cc2C)cc1. The molecular formula is C36H42O7. The first-order valence-corrected chi connectivity index (χ1v) is 15.1. The summed E-state index contributed by atoms with van der Waals surface area (Å²) in [5, 5.41) is 0. The zero-order valence-electron chi connectivity index (χ0n) is 25.3. The van der Waals surface area contributed by atoms with Crippen molar-refractivity contribution in [1.29, 1.82) is 0 Å². The van der Waals surface area contributed by atoms with Crippen molar-refractivity contribution in [3.8, 4) is 17.2 Å². The van der Waals surface area contributed by atoms with Gasteiger partial charge in [0.05, 0.1) is 24.3 Å². The molecule has 0 heterocycles. The Hall–Kier alpha value is -4.39. The fraction of sp³-hybridized carbons (Fsp3) is 0.361. The molecule has 3 aromatic rings. The standard InChI is InChI=1S/C36H42O7/c1-4-6-7-8-9-10-13-28-14-19-32(20-15-28)42-36(39)30-18-23-33(27(3)26-30)43-35(38)29-16-21-31(22-17-29)40-24-11-12-25-41-34(37)5-2/h5,14-23,26H,2,4,6-13,24-25H2,1,3H3. The van der Waals surface area contributed by atoms with E-state index in [1.807, 2.05) is 24.3 Å². The quantitative estimate of drug-likeness (QED) is 0.0642. The minimum absolute atomic E-state index is 0.313. The van der Waals surface area contributed by atoms with Crippen molar-refractivity contribution in [3.63, 3.8) is 0 Å². The predicted octanol–water partition coefficient (Wildman–Crippen LogP) is 8.22. The fourth-order valence-electron chi connectivity index (χ4n) is 4.36. The summed E-state index contributed by atoms with van der Waals surface area (Å²) in [7, 11) is 0. The van der Waals surface area contributed by atoms with E-state index < -0.39 is 17.9 Å². The zero-order chi connectivity index (χ0) is 30.9. The fourth-order valence-corrected chi connectivity index (χ4v) is 4.36. The highest BCUT2D eigenvalue weighted by atomic mass is 16.5. The normalized spacial score (nSPS) is 10.6. The molecule has 0 aromatic heterocycles. The Kier molecular flexibility index (Phi) is 14.0. The van der Waals surface area contributed by atoms with Crippen LogP contribution in [-0.4, -0.2) is 31.1 Å². The van der Waals surface area contributed by atoms with Gasteiger partial charge in [-0.15, -0.1) is 0 Å². The Morgan fingerprint density at radius 3 is 2.02 bits per heavy atom. The molecule has 0 saturated carbocycles. The van der Waals surface area contributed by atoms with Crippen LogP contribution in [0.3, 0.4) is 0 Å². The molecule has 7 nitrogen and oxygen atoms in total. The maximum Gasteiger partial charge on any atom is 0.343 e. The van der Waals surface area contributed by atoms with Crippen molar-refractivity contribution in [3.05, 3.63) is 102 Å². The summed E-state index contributed by atoms with van der Waals surface area (Å²) in [6.07, 6.45) is 11.1. The molecule has 0 atom stereocenters. The van der Waals surface area contributed by atoms with Crippen LogP contribution in [0.4, 0.5) is 0 Å². The summed E-state index contributed by atoms with van der Waals surface area (Å²) in [5.74, 6) is 0.0377. The number of carbonyl (C=O) groups is 3. The van der Waals surface area contributed by atoms with Crippen molar-refractivity contribution < 1.29 is 33.3 Å². The number of rotatable bonds is 18. The van der Waals surface area contributed by atoms with Crippen molar-refractivity contribution in [2.75, 3.05) is 13.2 Å². The molecule has 0 spiro atoms. The second-order valence-corrected chi connectivity index (χ2v) is 10.4. The highest BCUT2D eigenvalue weighted by molar-refractivity contribution is 5.93. The lowest BCUT2D eigenvalue weighted by Gasteiger charge is -2.11. The summed E-state index contributed by atoms with van der Waals surface area (Å²) in [6.45, 7) is 8.11. The van der Waals surface area contributed by atoms with Crippen LogP contribution < -0.4 is 14.2 Å². The molecule has 0 bridgehead atoms. The molecule has 0 unspecified atom stereocenters. The van der Waals surface area contributed by atoms with Crippen LogP contribution in [0.25, 0.3) is 0 Å². The van der Waals surface area contributed by atoms with Crippen molar-refractivity contribution in [1.82, 2.24) is 0 Å². The van der Waals surface area contributed by atoms with E-state index in [1.165, 1.54) is 37.7 Å². The van der Waals surface area contributed by atoms with Gasteiger partial charge in [0.2, 0.25) is 0 Å². The molecule has 3 rings (SSSR count). The Labute approximate surface area is 254 Å². The van der Waals surface area contributed by atoms with Gasteiger partial charge in [-0.25, -0.2) is 14.4 Å². The Morgan fingerprint density at radius 1 is 0.698 bits per heavy atom. The third-order valence-corrected chi connectivity index (χ3v) is 6.87. The van der Waals surface area contributed by atoms with Gasteiger partial charge in [0.15, 0.2) is 0 Å². The van der Waals surface area contributed by atoms with Gasteiger partial charge < -0.3 is 18.9 Å². The lowest BCUT2D eigenvalue weighted by Crippen LogP contribution is -2.11. The molecule has 0 amide bonds. The maximum atomic E-state index is 12.7. The van der Waals surface area contributed by atoms with Crippen molar-refractivity contribution in [2.45, 2.75) is 71.6 Å². The number of aryl methyl sites for hydroxylation is 2. The molecule has 228 valence electrons. The number of esters is 3. The second-order valence-electron chi connectivity index (χ2n) is 10.4. The Bertz CT molecular complexity index is 1330. The molecule has 0 saturated heterocycles. The zero-order valence-corrected chi connectivity index (χ0v) is 25.3. The van der Waals surface area contributed by atoms with Crippen molar-refractivity contribution >= 4 is 17.9 Å². The van der Waals surface area contributed by atoms with E-state index in [9.17, 15) is 14.4 Å². The summed E-state index contributed by atoms with van der Waals surface area (Å²) in [5.41, 5.74) is 2.61. The highest BCUT2D eigenvalue weighted by Gasteiger charge is 2.14. The average Bonchev–Trinajstić information content (AvgIpc) is 3.02. The number of hydrogen-bond donors (Lipinski definition) is 0. The third kappa shape index (κ3) is 11.8. The number of carbonyl (C=O) groups excluding carboxylic acids is 3. The number of hydrogen-bond acceptors (Lipinski definition) is 7. The van der Waals surface area contributed by atoms with Gasteiger partial charge >= 0.3 is 17.9 Å². The minimum Gasteiger partial charge on any atom is -0.494 e. The number of ether oxygens (including phenoxy) is 4. The van der Waals surface area contributed by atoms with E-state index in [0.717, 1.165) is 18.9 Å². The highest BCUT2D eigenvalue weighted by Crippen LogP contribution is 2.23. The van der Waals surface area contributed by atoms with Gasteiger partial charge in [0.25, 0.3) is 0 Å².